The Hall–Kier alpha value is -1.79. The van der Waals surface area contributed by atoms with Gasteiger partial charge in [0.05, 0.1) is 0 Å². The third-order valence-corrected chi connectivity index (χ3v) is 3.11. The number of nitrogens with two attached hydrogens (primary N) is 1. The summed E-state index contributed by atoms with van der Waals surface area (Å²) >= 11 is 0. The van der Waals surface area contributed by atoms with Crippen molar-refractivity contribution in [3.63, 3.8) is 0 Å². The molecule has 0 saturated carbocycles. The molecule has 0 aromatic heterocycles. The Morgan fingerprint density at radius 3 is 2.56 bits per heavy atom. The van der Waals surface area contributed by atoms with E-state index >= 15 is 0 Å². The molecular formula is C11H19N5O2. The van der Waals surface area contributed by atoms with Gasteiger partial charge in [-0.05, 0) is 12.8 Å². The van der Waals surface area contributed by atoms with Crippen molar-refractivity contribution in [2.45, 2.75) is 38.9 Å². The molecule has 2 unspecified atom stereocenters. The van der Waals surface area contributed by atoms with Crippen molar-refractivity contribution >= 4 is 17.9 Å². The molecule has 0 aromatic carbocycles. The Kier molecular flexibility index (Phi) is 3.40. The Labute approximate surface area is 106 Å². The van der Waals surface area contributed by atoms with Crippen LogP contribution in [0.4, 0.5) is 4.79 Å². The standard InChI is InChI=1S/C11H19N5O2/c1-3-5-15-8-7(13-10(12)14-8)9(17)16(6-4-2)11(15)18/h7-8H,3-6H2,1-2H3,(H3,12,13,14). The monoisotopic (exact) mass is 253 g/mol. The summed E-state index contributed by atoms with van der Waals surface area (Å²) in [6, 6.07) is -0.786. The number of hydrogen-bond acceptors (Lipinski definition) is 5. The first-order valence-corrected chi connectivity index (χ1v) is 6.32. The zero-order valence-corrected chi connectivity index (χ0v) is 10.7. The van der Waals surface area contributed by atoms with E-state index in [1.807, 2.05) is 13.8 Å². The number of hydrogen-bond donors (Lipinski definition) is 2. The topological polar surface area (TPSA) is 91.0 Å². The zero-order chi connectivity index (χ0) is 13.3. The van der Waals surface area contributed by atoms with E-state index in [9.17, 15) is 9.59 Å². The Morgan fingerprint density at radius 2 is 1.94 bits per heavy atom. The van der Waals surface area contributed by atoms with Gasteiger partial charge in [-0.1, -0.05) is 13.8 Å². The number of rotatable bonds is 4. The van der Waals surface area contributed by atoms with Crippen LogP contribution in [0.3, 0.4) is 0 Å². The lowest BCUT2D eigenvalue weighted by atomic mass is 10.1. The fraction of sp³-hybridized carbons (Fsp3) is 0.727. The number of amides is 3. The number of imide groups is 1. The van der Waals surface area contributed by atoms with Crippen molar-refractivity contribution in [1.29, 1.82) is 0 Å². The Balaban J connectivity index is 2.27. The molecule has 2 aliphatic heterocycles. The molecule has 100 valence electrons. The molecule has 1 fully saturated rings. The van der Waals surface area contributed by atoms with Crippen LogP contribution < -0.4 is 11.1 Å². The molecule has 0 aliphatic carbocycles. The number of fused-ring (bicyclic) bond motifs is 1. The van der Waals surface area contributed by atoms with Crippen molar-refractivity contribution < 1.29 is 9.59 Å². The number of aliphatic imine (C=N–C) groups is 1. The predicted octanol–water partition coefficient (Wildman–Crippen LogP) is -0.317. The van der Waals surface area contributed by atoms with Crippen LogP contribution in [0.25, 0.3) is 0 Å². The molecule has 0 radical (unpaired) electrons. The molecule has 7 heteroatoms. The molecule has 0 aromatic rings. The van der Waals surface area contributed by atoms with Crippen LogP contribution in [-0.2, 0) is 4.79 Å². The minimum absolute atomic E-state index is 0.227. The summed E-state index contributed by atoms with van der Waals surface area (Å²) in [5.74, 6) is -0.00555. The third-order valence-electron chi connectivity index (χ3n) is 3.11. The fourth-order valence-electron chi connectivity index (χ4n) is 2.36. The molecule has 3 amide bonds. The number of guanidine groups is 1. The SMILES string of the molecule is CCCN1C(=O)C2NC(N)=NC2N(CCC)C1=O. The molecule has 0 spiro atoms. The van der Waals surface area contributed by atoms with E-state index in [4.69, 9.17) is 5.73 Å². The van der Waals surface area contributed by atoms with Gasteiger partial charge in [0.2, 0.25) is 0 Å². The first kappa shape index (κ1) is 12.7. The third kappa shape index (κ3) is 1.89. The summed E-state index contributed by atoms with van der Waals surface area (Å²) in [5, 5.41) is 2.85. The lowest BCUT2D eigenvalue weighted by molar-refractivity contribution is -0.134. The van der Waals surface area contributed by atoms with Gasteiger partial charge in [-0.3, -0.25) is 14.6 Å². The predicted molar refractivity (Wildman–Crippen MR) is 66.7 cm³/mol. The summed E-state index contributed by atoms with van der Waals surface area (Å²) in [6.45, 7) is 4.93. The first-order valence-electron chi connectivity index (χ1n) is 6.32. The van der Waals surface area contributed by atoms with Crippen LogP contribution in [0.15, 0.2) is 4.99 Å². The lowest BCUT2D eigenvalue weighted by Crippen LogP contribution is -2.65. The smallest absolute Gasteiger partial charge is 0.328 e. The van der Waals surface area contributed by atoms with E-state index in [0.717, 1.165) is 12.8 Å². The molecule has 3 N–H and O–H groups in total. The Morgan fingerprint density at radius 1 is 1.28 bits per heavy atom. The molecule has 0 bridgehead atoms. The highest BCUT2D eigenvalue weighted by molar-refractivity contribution is 6.03. The van der Waals surface area contributed by atoms with E-state index in [2.05, 4.69) is 10.3 Å². The maximum atomic E-state index is 12.3. The summed E-state index contributed by atoms with van der Waals surface area (Å²) in [4.78, 5) is 31.5. The average molecular weight is 253 g/mol. The van der Waals surface area contributed by atoms with Crippen molar-refractivity contribution in [3.05, 3.63) is 0 Å². The lowest BCUT2D eigenvalue weighted by Gasteiger charge is -2.40. The molecular weight excluding hydrogens is 234 g/mol. The molecule has 2 heterocycles. The summed E-state index contributed by atoms with van der Waals surface area (Å²) < 4.78 is 0. The van der Waals surface area contributed by atoms with E-state index < -0.39 is 12.2 Å². The minimum atomic E-state index is -0.527. The van der Waals surface area contributed by atoms with Gasteiger partial charge < -0.3 is 11.1 Å². The minimum Gasteiger partial charge on any atom is -0.370 e. The molecule has 7 nitrogen and oxygen atoms in total. The van der Waals surface area contributed by atoms with Crippen LogP contribution >= 0.6 is 0 Å². The molecule has 2 atom stereocenters. The van der Waals surface area contributed by atoms with E-state index in [1.54, 1.807) is 4.90 Å². The van der Waals surface area contributed by atoms with Crippen molar-refractivity contribution in [1.82, 2.24) is 15.1 Å². The summed E-state index contributed by atoms with van der Waals surface area (Å²) in [7, 11) is 0. The largest absolute Gasteiger partial charge is 0.370 e. The molecule has 18 heavy (non-hydrogen) atoms. The summed E-state index contributed by atoms with van der Waals surface area (Å²) in [6.07, 6.45) is 1.07. The van der Waals surface area contributed by atoms with Crippen molar-refractivity contribution in [2.75, 3.05) is 13.1 Å². The van der Waals surface area contributed by atoms with Gasteiger partial charge in [0.1, 0.15) is 6.04 Å². The van der Waals surface area contributed by atoms with Gasteiger partial charge >= 0.3 is 6.03 Å². The molecule has 2 aliphatic rings. The van der Waals surface area contributed by atoms with Gasteiger partial charge in [0.25, 0.3) is 5.91 Å². The van der Waals surface area contributed by atoms with E-state index in [1.165, 1.54) is 4.90 Å². The fourth-order valence-corrected chi connectivity index (χ4v) is 2.36. The molecule has 2 rings (SSSR count). The number of nitrogens with one attached hydrogen (secondary N) is 1. The van der Waals surface area contributed by atoms with Crippen LogP contribution in [0.1, 0.15) is 26.7 Å². The van der Waals surface area contributed by atoms with Crippen LogP contribution in [0, 0.1) is 0 Å². The average Bonchev–Trinajstić information content (AvgIpc) is 2.72. The van der Waals surface area contributed by atoms with Crippen molar-refractivity contribution in [2.24, 2.45) is 10.7 Å². The highest BCUT2D eigenvalue weighted by Crippen LogP contribution is 2.22. The van der Waals surface area contributed by atoms with Gasteiger partial charge in [-0.25, -0.2) is 9.79 Å². The van der Waals surface area contributed by atoms with Gasteiger partial charge in [-0.15, -0.1) is 0 Å². The van der Waals surface area contributed by atoms with Gasteiger partial charge in [-0.2, -0.15) is 0 Å². The molecule has 1 saturated heterocycles. The number of carbonyl (C=O) groups is 2. The number of urea groups is 1. The Bertz CT molecular complexity index is 395. The maximum Gasteiger partial charge on any atom is 0.328 e. The van der Waals surface area contributed by atoms with Gasteiger partial charge in [0, 0.05) is 13.1 Å². The number of carbonyl (C=O) groups excluding carboxylic acids is 2. The highest BCUT2D eigenvalue weighted by Gasteiger charge is 2.48. The van der Waals surface area contributed by atoms with Crippen LogP contribution in [-0.4, -0.2) is 53.0 Å². The first-order chi connectivity index (χ1) is 8.60. The normalized spacial score (nSPS) is 27.1. The second-order valence-corrected chi connectivity index (χ2v) is 4.52. The zero-order valence-electron chi connectivity index (χ0n) is 10.7. The van der Waals surface area contributed by atoms with Crippen LogP contribution in [0.2, 0.25) is 0 Å². The van der Waals surface area contributed by atoms with Crippen molar-refractivity contribution in [3.8, 4) is 0 Å². The quantitative estimate of drug-likeness (QED) is 0.718. The second-order valence-electron chi connectivity index (χ2n) is 4.52. The van der Waals surface area contributed by atoms with E-state index in [0.29, 0.717) is 13.1 Å². The maximum absolute atomic E-state index is 12.3. The number of nitrogens with zero attached hydrogens (tertiary/aromatic N) is 3. The van der Waals surface area contributed by atoms with E-state index in [-0.39, 0.29) is 17.9 Å². The highest BCUT2D eigenvalue weighted by atomic mass is 16.2. The van der Waals surface area contributed by atoms with Crippen LogP contribution in [0.5, 0.6) is 0 Å². The second kappa shape index (κ2) is 4.83. The van der Waals surface area contributed by atoms with Gasteiger partial charge in [0.15, 0.2) is 12.1 Å². The summed E-state index contributed by atoms with van der Waals surface area (Å²) in [5.41, 5.74) is 5.61.